The molecule has 0 atom stereocenters. The van der Waals surface area contributed by atoms with Crippen LogP contribution in [0.5, 0.6) is 0 Å². The van der Waals surface area contributed by atoms with Crippen LogP contribution in [0.15, 0.2) is 17.5 Å². The molecule has 4 nitrogen and oxygen atoms in total. The van der Waals surface area contributed by atoms with Crippen LogP contribution in [0.2, 0.25) is 0 Å². The van der Waals surface area contributed by atoms with Crippen LogP contribution >= 0.6 is 34.9 Å². The summed E-state index contributed by atoms with van der Waals surface area (Å²) in [5.74, 6) is 0.161. The van der Waals surface area contributed by atoms with Gasteiger partial charge in [-0.2, -0.15) is 0 Å². The molecule has 7 heteroatoms. The molecule has 2 aromatic heterocycles. The van der Waals surface area contributed by atoms with E-state index in [-0.39, 0.29) is 5.78 Å². The van der Waals surface area contributed by atoms with E-state index in [1.165, 1.54) is 16.2 Å². The number of hydrogen-bond acceptors (Lipinski definition) is 6. The third-order valence-electron chi connectivity index (χ3n) is 2.60. The maximum Gasteiger partial charge on any atom is 0.180 e. The highest BCUT2D eigenvalue weighted by Crippen LogP contribution is 2.29. The number of thiocarbonyl (C=S) groups is 1. The van der Waals surface area contributed by atoms with Gasteiger partial charge >= 0.3 is 0 Å². The fraction of sp³-hybridized carbons (Fsp3) is 0.308. The largest absolute Gasteiger partial charge is 0.375 e. The first-order valence-corrected chi connectivity index (χ1v) is 8.21. The van der Waals surface area contributed by atoms with Gasteiger partial charge in [-0.05, 0) is 19.1 Å². The number of nitrogens with one attached hydrogen (secondary N) is 1. The fourth-order valence-electron chi connectivity index (χ4n) is 1.58. The van der Waals surface area contributed by atoms with E-state index in [9.17, 15) is 4.79 Å². The highest BCUT2D eigenvalue weighted by molar-refractivity contribution is 7.80. The summed E-state index contributed by atoms with van der Waals surface area (Å²) in [5, 5.41) is 5.71. The number of thiophene rings is 1. The molecule has 106 valence electrons. The minimum Gasteiger partial charge on any atom is -0.375 e. The number of carbonyl (C=O) groups excluding carboxylic acids is 1. The number of nitrogens with zero attached hydrogens (tertiary/aromatic N) is 1. The molecule has 0 aliphatic heterocycles. The van der Waals surface area contributed by atoms with Gasteiger partial charge in [0.15, 0.2) is 5.13 Å². The third-order valence-corrected chi connectivity index (χ3v) is 4.73. The predicted octanol–water partition coefficient (Wildman–Crippen LogP) is 3.24. The van der Waals surface area contributed by atoms with Crippen LogP contribution in [-0.4, -0.2) is 15.8 Å². The molecule has 0 saturated carbocycles. The Kier molecular flexibility index (Phi) is 5.22. The van der Waals surface area contributed by atoms with Crippen LogP contribution < -0.4 is 11.1 Å². The van der Waals surface area contributed by atoms with Crippen molar-refractivity contribution in [2.24, 2.45) is 0 Å². The highest BCUT2D eigenvalue weighted by atomic mass is 32.1. The third kappa shape index (κ3) is 4.36. The molecule has 0 fully saturated rings. The first-order chi connectivity index (χ1) is 9.54. The molecule has 20 heavy (non-hydrogen) atoms. The van der Waals surface area contributed by atoms with E-state index in [1.807, 2.05) is 11.4 Å². The van der Waals surface area contributed by atoms with Crippen LogP contribution in [0.25, 0.3) is 10.6 Å². The summed E-state index contributed by atoms with van der Waals surface area (Å²) in [5.41, 5.74) is 6.55. The van der Waals surface area contributed by atoms with Gasteiger partial charge in [-0.15, -0.1) is 22.7 Å². The molecule has 0 unspecified atom stereocenters. The molecule has 0 aliphatic rings. The molecule has 0 saturated heterocycles. The van der Waals surface area contributed by atoms with Crippen molar-refractivity contribution >= 4 is 50.8 Å². The Morgan fingerprint density at radius 2 is 2.25 bits per heavy atom. The Hall–Kier alpha value is -1.31. The minimum absolute atomic E-state index is 0.161. The summed E-state index contributed by atoms with van der Waals surface area (Å²) < 4.78 is 0. The first kappa shape index (κ1) is 15.1. The zero-order chi connectivity index (χ0) is 14.5. The lowest BCUT2D eigenvalue weighted by molar-refractivity contribution is -0.116. The van der Waals surface area contributed by atoms with Crippen molar-refractivity contribution < 1.29 is 4.79 Å². The summed E-state index contributed by atoms with van der Waals surface area (Å²) >= 11 is 8.30. The lowest BCUT2D eigenvalue weighted by Crippen LogP contribution is -2.20. The van der Waals surface area contributed by atoms with Gasteiger partial charge in [0.25, 0.3) is 0 Å². The summed E-state index contributed by atoms with van der Waals surface area (Å²) in [6.45, 7) is 2.26. The molecular formula is C13H15N3OS3. The van der Waals surface area contributed by atoms with E-state index in [2.05, 4.69) is 16.4 Å². The molecule has 0 spiro atoms. The van der Waals surface area contributed by atoms with Crippen molar-refractivity contribution in [2.75, 3.05) is 5.73 Å². The zero-order valence-electron chi connectivity index (χ0n) is 11.0. The van der Waals surface area contributed by atoms with Crippen molar-refractivity contribution in [3.8, 4) is 10.6 Å². The Morgan fingerprint density at radius 1 is 1.45 bits per heavy atom. The number of carbonyl (C=O) groups is 1. The van der Waals surface area contributed by atoms with Gasteiger partial charge in [0.05, 0.1) is 15.6 Å². The summed E-state index contributed by atoms with van der Waals surface area (Å²) in [6, 6.07) is 4.09. The lowest BCUT2D eigenvalue weighted by Gasteiger charge is -2.05. The van der Waals surface area contributed by atoms with E-state index < -0.39 is 0 Å². The average molecular weight is 325 g/mol. The predicted molar refractivity (Wildman–Crippen MR) is 89.2 cm³/mol. The van der Waals surface area contributed by atoms with Gasteiger partial charge in [0.1, 0.15) is 5.78 Å². The topological polar surface area (TPSA) is 68.0 Å². The molecule has 0 aliphatic carbocycles. The van der Waals surface area contributed by atoms with Crippen molar-refractivity contribution in [1.29, 1.82) is 0 Å². The first-order valence-electron chi connectivity index (χ1n) is 6.11. The van der Waals surface area contributed by atoms with Gasteiger partial charge in [0.2, 0.25) is 0 Å². The van der Waals surface area contributed by atoms with Crippen molar-refractivity contribution in [3.05, 3.63) is 22.4 Å². The van der Waals surface area contributed by atoms with Crippen LogP contribution in [0, 0.1) is 0 Å². The molecule has 2 heterocycles. The number of rotatable bonds is 6. The van der Waals surface area contributed by atoms with E-state index in [1.54, 1.807) is 18.3 Å². The smallest absolute Gasteiger partial charge is 0.180 e. The molecule has 0 amide bonds. The molecule has 2 aromatic rings. The van der Waals surface area contributed by atoms with Crippen LogP contribution in [0.4, 0.5) is 5.13 Å². The molecule has 0 radical (unpaired) electrons. The molecule has 3 N–H and O–H groups in total. The van der Waals surface area contributed by atoms with Gasteiger partial charge < -0.3 is 15.8 Å². The number of nitrogens with two attached hydrogens (primary N) is 1. The summed E-state index contributed by atoms with van der Waals surface area (Å²) in [4.78, 5) is 18.2. The number of Topliss-reactive ketones (excluding diaryl/α,β-unsaturated/α-hetero) is 1. The second-order valence-corrected chi connectivity index (χ2v) is 6.87. The molecular weight excluding hydrogens is 310 g/mol. The minimum atomic E-state index is 0.161. The van der Waals surface area contributed by atoms with Crippen molar-refractivity contribution in [2.45, 2.75) is 26.3 Å². The van der Waals surface area contributed by atoms with Crippen LogP contribution in [0.1, 0.15) is 24.6 Å². The van der Waals surface area contributed by atoms with Crippen LogP contribution in [0.3, 0.4) is 0 Å². The Bertz CT molecular complexity index is 618. The number of ketones is 1. The van der Waals surface area contributed by atoms with E-state index >= 15 is 0 Å². The van der Waals surface area contributed by atoms with Gasteiger partial charge in [-0.1, -0.05) is 12.2 Å². The SMILES string of the molecule is CC(=O)CCC(=S)NCc1ccc(-c2csc(N)n2)s1. The number of anilines is 1. The molecule has 0 bridgehead atoms. The molecule has 2 rings (SSSR count). The maximum absolute atomic E-state index is 10.9. The Morgan fingerprint density at radius 3 is 2.90 bits per heavy atom. The van der Waals surface area contributed by atoms with Crippen molar-refractivity contribution in [1.82, 2.24) is 10.3 Å². The van der Waals surface area contributed by atoms with E-state index in [0.717, 1.165) is 15.6 Å². The van der Waals surface area contributed by atoms with Crippen LogP contribution in [-0.2, 0) is 11.3 Å². The Labute approximate surface area is 131 Å². The van der Waals surface area contributed by atoms with Gasteiger partial charge in [-0.25, -0.2) is 4.98 Å². The normalized spacial score (nSPS) is 10.4. The average Bonchev–Trinajstić information content (AvgIpc) is 3.02. The van der Waals surface area contributed by atoms with Gasteiger partial charge in [0, 0.05) is 29.6 Å². The number of nitrogen functional groups attached to an aromatic ring is 1. The van der Waals surface area contributed by atoms with E-state index in [0.29, 0.717) is 24.5 Å². The highest BCUT2D eigenvalue weighted by Gasteiger charge is 2.07. The van der Waals surface area contributed by atoms with Gasteiger partial charge in [-0.3, -0.25) is 0 Å². The quantitative estimate of drug-likeness (QED) is 0.798. The number of aromatic nitrogens is 1. The summed E-state index contributed by atoms with van der Waals surface area (Å²) in [7, 11) is 0. The number of thiazole rings is 1. The maximum atomic E-state index is 10.9. The summed E-state index contributed by atoms with van der Waals surface area (Å²) in [6.07, 6.45) is 1.12. The standard InChI is InChI=1S/C13H15N3OS3/c1-8(17)2-5-12(18)15-6-9-3-4-11(20-9)10-7-19-13(14)16-10/h3-4,7H,2,5-6H2,1H3,(H2,14,16)(H,15,18). The lowest BCUT2D eigenvalue weighted by atomic mass is 10.2. The molecule has 0 aromatic carbocycles. The monoisotopic (exact) mass is 325 g/mol. The fourth-order valence-corrected chi connectivity index (χ4v) is 3.30. The zero-order valence-corrected chi connectivity index (χ0v) is 13.5. The van der Waals surface area contributed by atoms with E-state index in [4.69, 9.17) is 18.0 Å². The second-order valence-electron chi connectivity index (χ2n) is 4.32. The number of hydrogen-bond donors (Lipinski definition) is 2. The van der Waals surface area contributed by atoms with Crippen molar-refractivity contribution in [3.63, 3.8) is 0 Å². The second kappa shape index (κ2) is 6.92. The Balaban J connectivity index is 1.87.